The van der Waals surface area contributed by atoms with E-state index in [0.29, 0.717) is 19.6 Å². The lowest BCUT2D eigenvalue weighted by molar-refractivity contribution is -0.134. The first-order chi connectivity index (χ1) is 16.6. The summed E-state index contributed by atoms with van der Waals surface area (Å²) in [6.07, 6.45) is 3.97. The van der Waals surface area contributed by atoms with Crippen LogP contribution >= 0.6 is 0 Å². The van der Waals surface area contributed by atoms with Crippen LogP contribution in [0.15, 0.2) is 54.6 Å². The Balaban J connectivity index is 1.62. The fourth-order valence-corrected chi connectivity index (χ4v) is 4.02. The molecule has 1 unspecified atom stereocenters. The van der Waals surface area contributed by atoms with Gasteiger partial charge in [0.25, 0.3) is 0 Å². The Bertz CT molecular complexity index is 934. The second-order valence-corrected chi connectivity index (χ2v) is 8.37. The van der Waals surface area contributed by atoms with Crippen molar-refractivity contribution in [3.05, 3.63) is 65.7 Å². The fraction of sp³-hybridized carbons (Fsp3) is 0.423. The highest BCUT2D eigenvalue weighted by molar-refractivity contribution is 5.85. The molecule has 1 heterocycles. The van der Waals surface area contributed by atoms with Gasteiger partial charge in [0.2, 0.25) is 11.8 Å². The normalized spacial score (nSPS) is 17.1. The largest absolute Gasteiger partial charge is 0.497 e. The summed E-state index contributed by atoms with van der Waals surface area (Å²) in [4.78, 5) is 39.8. The maximum atomic E-state index is 13.2. The molecule has 34 heavy (non-hydrogen) atoms. The number of benzene rings is 2. The van der Waals surface area contributed by atoms with E-state index < -0.39 is 6.03 Å². The number of methoxy groups -OCH3 is 1. The molecule has 1 atom stereocenters. The second kappa shape index (κ2) is 13.2. The average Bonchev–Trinajstić information content (AvgIpc) is 2.91. The smallest absolute Gasteiger partial charge is 0.315 e. The standard InChI is InChI=1S/C26H34N4O4/c1-34-22-13-11-20(12-14-22)18-28-26(33)29-19-25(32)30-16-8-3-2-7-15-27-24(31)17-23(30)21-9-5-4-6-10-21/h4-6,9-14,23H,2-3,7-8,15-19H2,1H3,(H,27,31)(H2,28,29,33). The maximum Gasteiger partial charge on any atom is 0.315 e. The third-order valence-corrected chi connectivity index (χ3v) is 5.92. The summed E-state index contributed by atoms with van der Waals surface area (Å²) >= 11 is 0. The summed E-state index contributed by atoms with van der Waals surface area (Å²) in [6.45, 7) is 1.39. The Morgan fingerprint density at radius 2 is 1.74 bits per heavy atom. The van der Waals surface area contributed by atoms with Crippen LogP contribution in [-0.2, 0) is 16.1 Å². The molecule has 1 aliphatic heterocycles. The topological polar surface area (TPSA) is 99.8 Å². The predicted octanol–water partition coefficient (Wildman–Crippen LogP) is 3.14. The molecule has 2 aromatic rings. The Morgan fingerprint density at radius 1 is 1.00 bits per heavy atom. The van der Waals surface area contributed by atoms with E-state index in [-0.39, 0.29) is 30.8 Å². The summed E-state index contributed by atoms with van der Waals surface area (Å²) in [6, 6.07) is 16.2. The van der Waals surface area contributed by atoms with Crippen LogP contribution < -0.4 is 20.7 Å². The lowest BCUT2D eigenvalue weighted by Gasteiger charge is -2.32. The minimum absolute atomic E-state index is 0.0706. The van der Waals surface area contributed by atoms with Crippen molar-refractivity contribution in [1.29, 1.82) is 0 Å². The van der Waals surface area contributed by atoms with Crippen LogP contribution in [0, 0.1) is 0 Å². The molecule has 1 fully saturated rings. The Hall–Kier alpha value is -3.55. The number of nitrogens with zero attached hydrogens (tertiary/aromatic N) is 1. The van der Waals surface area contributed by atoms with Crippen LogP contribution in [0.5, 0.6) is 5.75 Å². The molecule has 1 aliphatic rings. The van der Waals surface area contributed by atoms with Gasteiger partial charge < -0.3 is 25.6 Å². The molecule has 0 bridgehead atoms. The van der Waals surface area contributed by atoms with Gasteiger partial charge in [-0.15, -0.1) is 0 Å². The quantitative estimate of drug-likeness (QED) is 0.609. The molecule has 0 radical (unpaired) electrons. The summed E-state index contributed by atoms with van der Waals surface area (Å²) in [5.41, 5.74) is 1.83. The summed E-state index contributed by atoms with van der Waals surface area (Å²) < 4.78 is 5.14. The monoisotopic (exact) mass is 466 g/mol. The van der Waals surface area contributed by atoms with Gasteiger partial charge in [0.1, 0.15) is 5.75 Å². The van der Waals surface area contributed by atoms with E-state index in [1.807, 2.05) is 54.6 Å². The van der Waals surface area contributed by atoms with Crippen molar-refractivity contribution in [3.63, 3.8) is 0 Å². The van der Waals surface area contributed by atoms with Crippen LogP contribution in [0.25, 0.3) is 0 Å². The van der Waals surface area contributed by atoms with Crippen LogP contribution in [0.1, 0.15) is 49.3 Å². The minimum atomic E-state index is -0.420. The van der Waals surface area contributed by atoms with Gasteiger partial charge in [-0.2, -0.15) is 0 Å². The van der Waals surface area contributed by atoms with Crippen molar-refractivity contribution < 1.29 is 19.1 Å². The van der Waals surface area contributed by atoms with E-state index in [4.69, 9.17) is 4.74 Å². The molecule has 182 valence electrons. The summed E-state index contributed by atoms with van der Waals surface area (Å²) in [7, 11) is 1.60. The highest BCUT2D eigenvalue weighted by atomic mass is 16.5. The zero-order valence-corrected chi connectivity index (χ0v) is 19.7. The van der Waals surface area contributed by atoms with Crippen molar-refractivity contribution in [3.8, 4) is 5.75 Å². The van der Waals surface area contributed by atoms with Gasteiger partial charge >= 0.3 is 6.03 Å². The molecule has 0 aliphatic carbocycles. The molecular weight excluding hydrogens is 432 g/mol. The van der Waals surface area contributed by atoms with Crippen LogP contribution in [-0.4, -0.2) is 49.5 Å². The van der Waals surface area contributed by atoms with E-state index in [9.17, 15) is 14.4 Å². The number of carbonyl (C=O) groups is 3. The van der Waals surface area contributed by atoms with E-state index in [1.54, 1.807) is 12.0 Å². The van der Waals surface area contributed by atoms with Crippen molar-refractivity contribution in [2.75, 3.05) is 26.7 Å². The molecule has 8 heteroatoms. The molecule has 3 N–H and O–H groups in total. The molecule has 2 aromatic carbocycles. The summed E-state index contributed by atoms with van der Waals surface area (Å²) in [5.74, 6) is 0.468. The zero-order valence-electron chi connectivity index (χ0n) is 19.7. The van der Waals surface area contributed by atoms with Crippen molar-refractivity contribution in [2.45, 2.75) is 44.7 Å². The van der Waals surface area contributed by atoms with Crippen molar-refractivity contribution >= 4 is 17.8 Å². The number of carbonyl (C=O) groups excluding carboxylic acids is 3. The molecule has 0 saturated carbocycles. The van der Waals surface area contributed by atoms with Gasteiger partial charge in [0.15, 0.2) is 0 Å². The Kier molecular flexibility index (Phi) is 9.76. The van der Waals surface area contributed by atoms with Gasteiger partial charge in [0.05, 0.1) is 26.1 Å². The number of nitrogens with one attached hydrogen (secondary N) is 3. The third-order valence-electron chi connectivity index (χ3n) is 5.92. The second-order valence-electron chi connectivity index (χ2n) is 8.37. The molecule has 0 spiro atoms. The number of rotatable bonds is 6. The predicted molar refractivity (Wildman–Crippen MR) is 130 cm³/mol. The van der Waals surface area contributed by atoms with Crippen molar-refractivity contribution in [1.82, 2.24) is 20.9 Å². The van der Waals surface area contributed by atoms with E-state index in [2.05, 4.69) is 16.0 Å². The van der Waals surface area contributed by atoms with Crippen LogP contribution in [0.3, 0.4) is 0 Å². The zero-order chi connectivity index (χ0) is 24.2. The van der Waals surface area contributed by atoms with Gasteiger partial charge in [-0.25, -0.2) is 4.79 Å². The SMILES string of the molecule is COc1ccc(CNC(=O)NCC(=O)N2CCCCCCNC(=O)CC2c2ccccc2)cc1. The molecule has 4 amide bonds. The minimum Gasteiger partial charge on any atom is -0.497 e. The Morgan fingerprint density at radius 3 is 2.47 bits per heavy atom. The van der Waals surface area contributed by atoms with E-state index in [0.717, 1.165) is 42.6 Å². The molecular formula is C26H34N4O4. The maximum absolute atomic E-state index is 13.2. The first kappa shape index (κ1) is 25.1. The number of ether oxygens (including phenoxy) is 1. The fourth-order valence-electron chi connectivity index (χ4n) is 4.02. The van der Waals surface area contributed by atoms with Gasteiger partial charge in [-0.3, -0.25) is 9.59 Å². The third kappa shape index (κ3) is 7.79. The van der Waals surface area contributed by atoms with Gasteiger partial charge in [-0.05, 0) is 36.1 Å². The van der Waals surface area contributed by atoms with E-state index >= 15 is 0 Å². The number of urea groups is 1. The number of hydrogen-bond acceptors (Lipinski definition) is 4. The molecule has 8 nitrogen and oxygen atoms in total. The van der Waals surface area contributed by atoms with Gasteiger partial charge in [-0.1, -0.05) is 55.3 Å². The van der Waals surface area contributed by atoms with Crippen molar-refractivity contribution in [2.24, 2.45) is 0 Å². The average molecular weight is 467 g/mol. The summed E-state index contributed by atoms with van der Waals surface area (Å²) in [5, 5.41) is 8.40. The molecule has 0 aromatic heterocycles. The molecule has 1 saturated heterocycles. The van der Waals surface area contributed by atoms with Crippen LogP contribution in [0.4, 0.5) is 4.79 Å². The Labute approximate surface area is 201 Å². The lowest BCUT2D eigenvalue weighted by Crippen LogP contribution is -2.46. The lowest BCUT2D eigenvalue weighted by atomic mass is 10.0. The van der Waals surface area contributed by atoms with E-state index in [1.165, 1.54) is 0 Å². The highest BCUT2D eigenvalue weighted by Gasteiger charge is 2.27. The first-order valence-corrected chi connectivity index (χ1v) is 11.8. The highest BCUT2D eigenvalue weighted by Crippen LogP contribution is 2.26. The first-order valence-electron chi connectivity index (χ1n) is 11.8. The molecule has 3 rings (SSSR count). The van der Waals surface area contributed by atoms with Crippen LogP contribution in [0.2, 0.25) is 0 Å². The van der Waals surface area contributed by atoms with Gasteiger partial charge in [0, 0.05) is 19.6 Å². The number of amides is 4. The number of hydrogen-bond donors (Lipinski definition) is 3.